The number of aliphatic hydroxyl groups excluding tert-OH is 5. The van der Waals surface area contributed by atoms with Crippen LogP contribution in [0.25, 0.3) is 0 Å². The molecule has 0 radical (unpaired) electrons. The first-order valence-corrected chi connectivity index (χ1v) is 13.2. The first-order chi connectivity index (χ1) is 16.2. The predicted molar refractivity (Wildman–Crippen MR) is 133 cm³/mol. The molecule has 3 unspecified atom stereocenters. The molecular formula is C26H51NO8. The topological polar surface area (TPSA) is 149 Å². The third-order valence-electron chi connectivity index (χ3n) is 7.06. The summed E-state index contributed by atoms with van der Waals surface area (Å²) in [4.78, 5) is 12.8. The molecule has 0 aromatic rings. The highest BCUT2D eigenvalue weighted by molar-refractivity contribution is 5.76. The minimum Gasteiger partial charge on any atom is -0.394 e. The molecule has 1 saturated heterocycles. The molecule has 0 aromatic carbocycles. The molecule has 1 aliphatic heterocycles. The van der Waals surface area contributed by atoms with E-state index in [1.807, 2.05) is 27.7 Å². The van der Waals surface area contributed by atoms with Crippen LogP contribution in [0.2, 0.25) is 0 Å². The lowest BCUT2D eigenvalue weighted by atomic mass is 9.85. The van der Waals surface area contributed by atoms with E-state index in [-0.39, 0.29) is 42.0 Å². The van der Waals surface area contributed by atoms with Crippen LogP contribution in [0.4, 0.5) is 0 Å². The third kappa shape index (κ3) is 11.0. The highest BCUT2D eigenvalue weighted by Gasteiger charge is 2.44. The Morgan fingerprint density at radius 1 is 1.00 bits per heavy atom. The third-order valence-corrected chi connectivity index (χ3v) is 7.06. The Morgan fingerprint density at radius 3 is 2.09 bits per heavy atom. The summed E-state index contributed by atoms with van der Waals surface area (Å²) in [6, 6.07) is -0.197. The summed E-state index contributed by atoms with van der Waals surface area (Å²) in [5.74, 6) is -0.121. The zero-order valence-electron chi connectivity index (χ0n) is 22.7. The van der Waals surface area contributed by atoms with Crippen LogP contribution in [0.15, 0.2) is 0 Å². The number of rotatable bonds is 15. The number of ether oxygens (including phenoxy) is 2. The Kier molecular flexibility index (Phi) is 13.6. The van der Waals surface area contributed by atoms with Crippen LogP contribution < -0.4 is 5.32 Å². The number of carbonyl (C=O) groups excluding carboxylic acids is 1. The molecule has 9 nitrogen and oxygen atoms in total. The smallest absolute Gasteiger partial charge is 0.222 e. The van der Waals surface area contributed by atoms with Crippen molar-refractivity contribution in [1.82, 2.24) is 5.32 Å². The molecule has 35 heavy (non-hydrogen) atoms. The van der Waals surface area contributed by atoms with Gasteiger partial charge in [-0.15, -0.1) is 0 Å². The molecule has 0 bridgehead atoms. The first kappa shape index (κ1) is 32.2. The van der Waals surface area contributed by atoms with Crippen molar-refractivity contribution in [2.45, 2.75) is 136 Å². The number of amides is 1. The van der Waals surface area contributed by atoms with Gasteiger partial charge in [0, 0.05) is 12.5 Å². The van der Waals surface area contributed by atoms with E-state index < -0.39 is 49.5 Å². The van der Waals surface area contributed by atoms with Crippen molar-refractivity contribution >= 4 is 5.91 Å². The molecule has 0 aliphatic carbocycles. The van der Waals surface area contributed by atoms with Gasteiger partial charge in [-0.05, 0) is 30.1 Å². The normalized spacial score (nSPS) is 28.2. The molecule has 0 aromatic heterocycles. The van der Waals surface area contributed by atoms with Gasteiger partial charge in [-0.25, -0.2) is 0 Å². The van der Waals surface area contributed by atoms with Crippen molar-refractivity contribution in [3.05, 3.63) is 0 Å². The Bertz CT molecular complexity index is 613. The van der Waals surface area contributed by atoms with Gasteiger partial charge in [-0.2, -0.15) is 0 Å². The van der Waals surface area contributed by atoms with Crippen LogP contribution in [-0.4, -0.2) is 87.0 Å². The summed E-state index contributed by atoms with van der Waals surface area (Å²) in [6.45, 7) is 13.8. The molecule has 1 amide bonds. The second-order valence-corrected chi connectivity index (χ2v) is 11.6. The molecule has 9 heteroatoms. The van der Waals surface area contributed by atoms with Crippen molar-refractivity contribution in [3.8, 4) is 0 Å². The fourth-order valence-electron chi connectivity index (χ4n) is 4.47. The van der Waals surface area contributed by atoms with E-state index in [2.05, 4.69) is 26.1 Å². The van der Waals surface area contributed by atoms with Gasteiger partial charge >= 0.3 is 0 Å². The van der Waals surface area contributed by atoms with E-state index in [1.54, 1.807) is 0 Å². The van der Waals surface area contributed by atoms with Crippen molar-refractivity contribution in [3.63, 3.8) is 0 Å². The van der Waals surface area contributed by atoms with Gasteiger partial charge in [-0.3, -0.25) is 4.79 Å². The van der Waals surface area contributed by atoms with Gasteiger partial charge in [0.25, 0.3) is 0 Å². The Hall–Kier alpha value is -0.810. The van der Waals surface area contributed by atoms with Crippen LogP contribution in [-0.2, 0) is 14.3 Å². The molecule has 1 fully saturated rings. The molecular weight excluding hydrogens is 454 g/mol. The lowest BCUT2D eigenvalue weighted by Crippen LogP contribution is -2.43. The molecule has 1 aliphatic rings. The minimum absolute atomic E-state index is 0.00534. The quantitative estimate of drug-likeness (QED) is 0.197. The van der Waals surface area contributed by atoms with Gasteiger partial charge in [0.1, 0.15) is 18.3 Å². The average Bonchev–Trinajstić information content (AvgIpc) is 3.03. The van der Waals surface area contributed by atoms with Crippen molar-refractivity contribution < 1.29 is 39.8 Å². The maximum atomic E-state index is 12.8. The van der Waals surface area contributed by atoms with Crippen LogP contribution >= 0.6 is 0 Å². The Balaban J connectivity index is 2.72. The van der Waals surface area contributed by atoms with Crippen molar-refractivity contribution in [2.75, 3.05) is 6.61 Å². The summed E-state index contributed by atoms with van der Waals surface area (Å²) >= 11 is 0. The number of hydrogen-bond acceptors (Lipinski definition) is 8. The van der Waals surface area contributed by atoms with Gasteiger partial charge in [0.05, 0.1) is 31.3 Å². The average molecular weight is 506 g/mol. The first-order valence-electron chi connectivity index (χ1n) is 13.2. The summed E-state index contributed by atoms with van der Waals surface area (Å²) in [5.41, 5.74) is -0.0194. The molecule has 6 N–H and O–H groups in total. The van der Waals surface area contributed by atoms with Gasteiger partial charge in [0.15, 0.2) is 6.29 Å². The highest BCUT2D eigenvalue weighted by atomic mass is 16.7. The Morgan fingerprint density at radius 2 is 1.60 bits per heavy atom. The zero-order valence-corrected chi connectivity index (χ0v) is 22.7. The predicted octanol–water partition coefficient (Wildman–Crippen LogP) is 1.72. The summed E-state index contributed by atoms with van der Waals surface area (Å²) in [5, 5.41) is 53.7. The van der Waals surface area contributed by atoms with E-state index in [4.69, 9.17) is 9.47 Å². The lowest BCUT2D eigenvalue weighted by Gasteiger charge is -2.31. The van der Waals surface area contributed by atoms with E-state index >= 15 is 0 Å². The minimum atomic E-state index is -1.31. The summed E-state index contributed by atoms with van der Waals surface area (Å²) in [7, 11) is 0. The fraction of sp³-hybridized carbons (Fsp3) is 0.962. The SMILES string of the molecule is CC[C@@H](C)C(C[C@H](O)CC(C)(C)C)NC(=O)C[C@@H](O)C[C@H](O[C@@H]1O[C@@H](CO)C(O)C1O)[C@H](C)CC. The van der Waals surface area contributed by atoms with Gasteiger partial charge < -0.3 is 40.3 Å². The maximum absolute atomic E-state index is 12.8. The number of nitrogens with one attached hydrogen (secondary N) is 1. The van der Waals surface area contributed by atoms with Crippen LogP contribution in [0.1, 0.15) is 87.0 Å². The number of hydrogen-bond donors (Lipinski definition) is 6. The molecule has 208 valence electrons. The molecule has 0 spiro atoms. The van der Waals surface area contributed by atoms with E-state index in [9.17, 15) is 30.3 Å². The lowest BCUT2D eigenvalue weighted by molar-refractivity contribution is -0.207. The molecule has 1 rings (SSSR count). The maximum Gasteiger partial charge on any atom is 0.222 e. The fourth-order valence-corrected chi connectivity index (χ4v) is 4.47. The van der Waals surface area contributed by atoms with Crippen LogP contribution in [0, 0.1) is 17.3 Å². The standard InChI is InChI=1S/C26H51NO8/c1-8-15(3)19(10-18(30)13-26(5,6)7)27-22(31)12-17(29)11-20(16(4)9-2)34-25-24(33)23(32)21(14-28)35-25/h15-21,23-25,28-30,32-33H,8-14H2,1-7H3,(H,27,31)/t15-,16-,17+,18+,19?,20+,21+,23?,24?,25-/m1/s1. The molecule has 1 heterocycles. The zero-order chi connectivity index (χ0) is 26.9. The van der Waals surface area contributed by atoms with Crippen molar-refractivity contribution in [1.29, 1.82) is 0 Å². The van der Waals surface area contributed by atoms with E-state index in [0.717, 1.165) is 12.8 Å². The second-order valence-electron chi connectivity index (χ2n) is 11.6. The number of carbonyl (C=O) groups is 1. The van der Waals surface area contributed by atoms with Gasteiger partial charge in [0.2, 0.25) is 5.91 Å². The summed E-state index contributed by atoms with van der Waals surface area (Å²) in [6.07, 6.45) is -3.96. The van der Waals surface area contributed by atoms with Crippen LogP contribution in [0.5, 0.6) is 0 Å². The largest absolute Gasteiger partial charge is 0.394 e. The highest BCUT2D eigenvalue weighted by Crippen LogP contribution is 2.28. The van der Waals surface area contributed by atoms with Gasteiger partial charge in [-0.1, -0.05) is 61.3 Å². The molecule has 0 saturated carbocycles. The molecule has 10 atom stereocenters. The van der Waals surface area contributed by atoms with E-state index in [1.165, 1.54) is 0 Å². The monoisotopic (exact) mass is 505 g/mol. The number of aliphatic hydroxyl groups is 5. The Labute approximate surface area is 211 Å². The summed E-state index contributed by atoms with van der Waals surface area (Å²) < 4.78 is 11.3. The van der Waals surface area contributed by atoms with E-state index in [0.29, 0.717) is 12.8 Å². The van der Waals surface area contributed by atoms with Crippen LogP contribution in [0.3, 0.4) is 0 Å². The second kappa shape index (κ2) is 14.8. The van der Waals surface area contributed by atoms with Crippen molar-refractivity contribution in [2.24, 2.45) is 17.3 Å².